The SMILES string of the molecule is CCOc1ccc(-c2cc(N3CCN(C(=O)c4ccc(F)cc4Cl)CC3)ncn2)cc1. The highest BCUT2D eigenvalue weighted by atomic mass is 35.5. The van der Waals surface area contributed by atoms with Gasteiger partial charge in [-0.2, -0.15) is 0 Å². The average Bonchev–Trinajstić information content (AvgIpc) is 2.80. The summed E-state index contributed by atoms with van der Waals surface area (Å²) in [6.07, 6.45) is 1.55. The number of carbonyl (C=O) groups is 1. The highest BCUT2D eigenvalue weighted by Gasteiger charge is 2.24. The van der Waals surface area contributed by atoms with Crippen LogP contribution in [0.5, 0.6) is 5.75 Å². The molecule has 3 aromatic rings. The zero-order valence-electron chi connectivity index (χ0n) is 17.1. The van der Waals surface area contributed by atoms with Gasteiger partial charge in [0.2, 0.25) is 0 Å². The Bertz CT molecular complexity index is 1070. The second-order valence-electron chi connectivity index (χ2n) is 7.12. The minimum Gasteiger partial charge on any atom is -0.494 e. The van der Waals surface area contributed by atoms with Gasteiger partial charge in [0.15, 0.2) is 0 Å². The van der Waals surface area contributed by atoms with Crippen LogP contribution < -0.4 is 9.64 Å². The standard InChI is InChI=1S/C23H22ClFN4O2/c1-2-31-18-6-3-16(4-7-18)21-14-22(27-15-26-21)28-9-11-29(12-10-28)23(30)19-8-5-17(25)13-20(19)24/h3-8,13-15H,2,9-12H2,1H3. The molecule has 1 aliphatic rings. The summed E-state index contributed by atoms with van der Waals surface area (Å²) in [7, 11) is 0. The molecule has 4 rings (SSSR count). The van der Waals surface area contributed by atoms with Crippen LogP contribution in [0.25, 0.3) is 11.3 Å². The van der Waals surface area contributed by atoms with Gasteiger partial charge >= 0.3 is 0 Å². The van der Waals surface area contributed by atoms with E-state index >= 15 is 0 Å². The molecule has 31 heavy (non-hydrogen) atoms. The monoisotopic (exact) mass is 440 g/mol. The number of hydrogen-bond acceptors (Lipinski definition) is 5. The van der Waals surface area contributed by atoms with Crippen molar-refractivity contribution in [1.29, 1.82) is 0 Å². The number of piperazine rings is 1. The molecule has 2 heterocycles. The smallest absolute Gasteiger partial charge is 0.255 e. The van der Waals surface area contributed by atoms with Gasteiger partial charge in [-0.1, -0.05) is 11.6 Å². The quantitative estimate of drug-likeness (QED) is 0.592. The fraction of sp³-hybridized carbons (Fsp3) is 0.261. The lowest BCUT2D eigenvalue weighted by molar-refractivity contribution is 0.0746. The van der Waals surface area contributed by atoms with Crippen molar-refractivity contribution in [2.45, 2.75) is 6.92 Å². The fourth-order valence-corrected chi connectivity index (χ4v) is 3.79. The van der Waals surface area contributed by atoms with Gasteiger partial charge < -0.3 is 14.5 Å². The van der Waals surface area contributed by atoms with Gasteiger partial charge in [0.25, 0.3) is 5.91 Å². The van der Waals surface area contributed by atoms with E-state index in [2.05, 4.69) is 14.9 Å². The van der Waals surface area contributed by atoms with Crippen LogP contribution in [0.2, 0.25) is 5.02 Å². The van der Waals surface area contributed by atoms with Crippen molar-refractivity contribution in [3.8, 4) is 17.0 Å². The summed E-state index contributed by atoms with van der Waals surface area (Å²) in [4.78, 5) is 25.4. The number of nitrogens with zero attached hydrogens (tertiary/aromatic N) is 4. The Balaban J connectivity index is 1.43. The number of halogens is 2. The number of aromatic nitrogens is 2. The lowest BCUT2D eigenvalue weighted by Gasteiger charge is -2.35. The van der Waals surface area contributed by atoms with Crippen molar-refractivity contribution >= 4 is 23.3 Å². The molecule has 0 bridgehead atoms. The van der Waals surface area contributed by atoms with Gasteiger partial charge in [-0.15, -0.1) is 0 Å². The van der Waals surface area contributed by atoms with Crippen LogP contribution in [0.15, 0.2) is 54.9 Å². The number of benzene rings is 2. The minimum atomic E-state index is -0.460. The van der Waals surface area contributed by atoms with E-state index in [1.165, 1.54) is 12.1 Å². The molecule has 6 nitrogen and oxygen atoms in total. The Morgan fingerprint density at radius 1 is 1.06 bits per heavy atom. The van der Waals surface area contributed by atoms with Crippen molar-refractivity contribution < 1.29 is 13.9 Å². The van der Waals surface area contributed by atoms with Gasteiger partial charge in [0.05, 0.1) is 22.9 Å². The Morgan fingerprint density at radius 2 is 1.81 bits per heavy atom. The van der Waals surface area contributed by atoms with E-state index in [1.807, 2.05) is 37.3 Å². The highest BCUT2D eigenvalue weighted by molar-refractivity contribution is 6.33. The second kappa shape index (κ2) is 9.31. The normalized spacial score (nSPS) is 13.9. The van der Waals surface area contributed by atoms with Crippen LogP contribution in [0.4, 0.5) is 10.2 Å². The van der Waals surface area contributed by atoms with Gasteiger partial charge in [-0.05, 0) is 49.4 Å². The number of hydrogen-bond donors (Lipinski definition) is 0. The number of ether oxygens (including phenoxy) is 1. The maximum Gasteiger partial charge on any atom is 0.255 e. The molecule has 0 unspecified atom stereocenters. The molecule has 160 valence electrons. The first-order chi connectivity index (χ1) is 15.0. The van der Waals surface area contributed by atoms with E-state index in [0.717, 1.165) is 28.9 Å². The molecule has 2 aromatic carbocycles. The molecule has 1 aliphatic heterocycles. The highest BCUT2D eigenvalue weighted by Crippen LogP contribution is 2.25. The number of carbonyl (C=O) groups excluding carboxylic acids is 1. The molecule has 1 aromatic heterocycles. The van der Waals surface area contributed by atoms with E-state index in [1.54, 1.807) is 11.2 Å². The first-order valence-electron chi connectivity index (χ1n) is 10.1. The third-order valence-corrected chi connectivity index (χ3v) is 5.48. The van der Waals surface area contributed by atoms with Crippen LogP contribution in [0, 0.1) is 5.82 Å². The number of rotatable bonds is 5. The number of anilines is 1. The summed E-state index contributed by atoms with van der Waals surface area (Å²) in [5.74, 6) is 0.981. The topological polar surface area (TPSA) is 58.6 Å². The van der Waals surface area contributed by atoms with Crippen LogP contribution in [0.3, 0.4) is 0 Å². The lowest BCUT2D eigenvalue weighted by atomic mass is 10.1. The van der Waals surface area contributed by atoms with Crippen LogP contribution >= 0.6 is 11.6 Å². The largest absolute Gasteiger partial charge is 0.494 e. The third-order valence-electron chi connectivity index (χ3n) is 5.17. The molecule has 1 amide bonds. The zero-order valence-corrected chi connectivity index (χ0v) is 17.8. The van der Waals surface area contributed by atoms with Crippen LogP contribution in [0.1, 0.15) is 17.3 Å². The van der Waals surface area contributed by atoms with E-state index in [4.69, 9.17) is 16.3 Å². The zero-order chi connectivity index (χ0) is 21.8. The van der Waals surface area contributed by atoms with Gasteiger partial charge in [-0.25, -0.2) is 14.4 Å². The summed E-state index contributed by atoms with van der Waals surface area (Å²) in [5.41, 5.74) is 2.12. The minimum absolute atomic E-state index is 0.128. The first-order valence-corrected chi connectivity index (χ1v) is 10.5. The maximum atomic E-state index is 13.3. The first kappa shape index (κ1) is 21.1. The van der Waals surface area contributed by atoms with Gasteiger partial charge in [0, 0.05) is 37.8 Å². The van der Waals surface area contributed by atoms with Gasteiger partial charge in [0.1, 0.15) is 23.7 Å². The lowest BCUT2D eigenvalue weighted by Crippen LogP contribution is -2.49. The predicted molar refractivity (Wildman–Crippen MR) is 118 cm³/mol. The molecule has 0 spiro atoms. The van der Waals surface area contributed by atoms with Crippen molar-refractivity contribution in [2.24, 2.45) is 0 Å². The van der Waals surface area contributed by atoms with Crippen LogP contribution in [-0.2, 0) is 0 Å². The van der Waals surface area contributed by atoms with Gasteiger partial charge in [-0.3, -0.25) is 4.79 Å². The second-order valence-corrected chi connectivity index (χ2v) is 7.53. The molecule has 0 radical (unpaired) electrons. The molecule has 0 saturated carbocycles. The number of amides is 1. The molecule has 0 N–H and O–H groups in total. The van der Waals surface area contributed by atoms with Crippen molar-refractivity contribution in [2.75, 3.05) is 37.7 Å². The average molecular weight is 441 g/mol. The summed E-state index contributed by atoms with van der Waals surface area (Å²) in [6.45, 7) is 4.88. The van der Waals surface area contributed by atoms with E-state index in [-0.39, 0.29) is 10.9 Å². The molecular formula is C23H22ClFN4O2. The van der Waals surface area contributed by atoms with Crippen molar-refractivity contribution in [1.82, 2.24) is 14.9 Å². The Hall–Kier alpha value is -3.19. The summed E-state index contributed by atoms with van der Waals surface area (Å²) < 4.78 is 18.8. The molecule has 0 aliphatic carbocycles. The van der Waals surface area contributed by atoms with E-state index in [0.29, 0.717) is 38.3 Å². The fourth-order valence-electron chi connectivity index (χ4n) is 3.54. The predicted octanol–water partition coefficient (Wildman–Crippen LogP) is 4.30. The maximum absolute atomic E-state index is 13.3. The van der Waals surface area contributed by atoms with E-state index in [9.17, 15) is 9.18 Å². The Labute approximate surface area is 185 Å². The molecule has 1 fully saturated rings. The summed E-state index contributed by atoms with van der Waals surface area (Å²) in [6, 6.07) is 13.6. The molecule has 8 heteroatoms. The molecular weight excluding hydrogens is 419 g/mol. The van der Waals surface area contributed by atoms with Crippen LogP contribution in [-0.4, -0.2) is 53.6 Å². The summed E-state index contributed by atoms with van der Waals surface area (Å²) in [5, 5.41) is 0.128. The Morgan fingerprint density at radius 3 is 2.48 bits per heavy atom. The third kappa shape index (κ3) is 4.77. The molecule has 1 saturated heterocycles. The molecule has 0 atom stereocenters. The summed E-state index contributed by atoms with van der Waals surface area (Å²) >= 11 is 6.05. The van der Waals surface area contributed by atoms with Crippen molar-refractivity contribution in [3.63, 3.8) is 0 Å². The Kier molecular flexibility index (Phi) is 6.32. The van der Waals surface area contributed by atoms with E-state index < -0.39 is 5.82 Å². The van der Waals surface area contributed by atoms with Crippen molar-refractivity contribution in [3.05, 3.63) is 71.3 Å².